The molecule has 4 heteroatoms. The van der Waals surface area contributed by atoms with Gasteiger partial charge < -0.3 is 10.1 Å². The fraction of sp³-hybridized carbons (Fsp3) is 0.375. The van der Waals surface area contributed by atoms with Crippen molar-refractivity contribution in [3.05, 3.63) is 57.1 Å². The van der Waals surface area contributed by atoms with E-state index in [0.29, 0.717) is 17.8 Å². The van der Waals surface area contributed by atoms with E-state index in [9.17, 15) is 9.90 Å². The molecule has 0 radical (unpaired) electrons. The van der Waals surface area contributed by atoms with Crippen molar-refractivity contribution in [1.82, 2.24) is 9.97 Å². The molecule has 1 aliphatic carbocycles. The molecule has 0 spiro atoms. The SMILES string of the molecule is CCCc1c(O)nc(C2Cc3ccccc3C2)[nH]c1=O. The molecule has 20 heavy (non-hydrogen) atoms. The van der Waals surface area contributed by atoms with Gasteiger partial charge in [-0.2, -0.15) is 4.98 Å². The van der Waals surface area contributed by atoms with Crippen LogP contribution in [0.4, 0.5) is 0 Å². The van der Waals surface area contributed by atoms with Crippen LogP contribution in [0.2, 0.25) is 0 Å². The first-order valence-corrected chi connectivity index (χ1v) is 7.08. The molecule has 1 aromatic carbocycles. The highest BCUT2D eigenvalue weighted by molar-refractivity contribution is 5.35. The Morgan fingerprint density at radius 3 is 2.50 bits per heavy atom. The lowest BCUT2D eigenvalue weighted by Gasteiger charge is -2.10. The van der Waals surface area contributed by atoms with Crippen molar-refractivity contribution in [3.63, 3.8) is 0 Å². The number of aromatic hydroxyl groups is 1. The van der Waals surface area contributed by atoms with Crippen LogP contribution in [0.1, 0.15) is 41.8 Å². The summed E-state index contributed by atoms with van der Waals surface area (Å²) in [4.78, 5) is 19.1. The number of nitrogens with one attached hydrogen (secondary N) is 1. The average molecular weight is 270 g/mol. The number of aromatic amines is 1. The first-order valence-electron chi connectivity index (χ1n) is 7.08. The molecule has 1 heterocycles. The van der Waals surface area contributed by atoms with E-state index in [4.69, 9.17) is 0 Å². The van der Waals surface area contributed by atoms with Crippen LogP contribution in [-0.2, 0) is 19.3 Å². The maximum Gasteiger partial charge on any atom is 0.257 e. The summed E-state index contributed by atoms with van der Waals surface area (Å²) in [5.41, 5.74) is 2.80. The molecule has 2 N–H and O–H groups in total. The van der Waals surface area contributed by atoms with E-state index in [1.54, 1.807) is 0 Å². The molecule has 1 aliphatic rings. The molecule has 2 aromatic rings. The minimum absolute atomic E-state index is 0.110. The van der Waals surface area contributed by atoms with Crippen molar-refractivity contribution >= 4 is 0 Å². The van der Waals surface area contributed by atoms with Gasteiger partial charge in [0, 0.05) is 5.92 Å². The first kappa shape index (κ1) is 12.9. The Hall–Kier alpha value is -2.10. The van der Waals surface area contributed by atoms with Crippen molar-refractivity contribution in [1.29, 1.82) is 0 Å². The van der Waals surface area contributed by atoms with E-state index < -0.39 is 0 Å². The van der Waals surface area contributed by atoms with E-state index >= 15 is 0 Å². The summed E-state index contributed by atoms with van der Waals surface area (Å²) in [6.07, 6.45) is 3.10. The maximum absolute atomic E-state index is 12.0. The number of H-pyrrole nitrogens is 1. The lowest BCUT2D eigenvalue weighted by atomic mass is 10.1. The standard InChI is InChI=1S/C16H18N2O2/c1-2-5-13-15(19)17-14(18-16(13)20)12-8-10-6-3-4-7-11(10)9-12/h3-4,6-7,12H,2,5,8-9H2,1H3,(H2,17,18,19,20). The lowest BCUT2D eigenvalue weighted by Crippen LogP contribution is -2.19. The van der Waals surface area contributed by atoms with Crippen LogP contribution in [0.25, 0.3) is 0 Å². The van der Waals surface area contributed by atoms with E-state index in [1.165, 1.54) is 11.1 Å². The van der Waals surface area contributed by atoms with E-state index in [1.807, 2.05) is 19.1 Å². The van der Waals surface area contributed by atoms with E-state index in [2.05, 4.69) is 22.1 Å². The van der Waals surface area contributed by atoms with Crippen LogP contribution in [0.3, 0.4) is 0 Å². The zero-order valence-electron chi connectivity index (χ0n) is 11.5. The largest absolute Gasteiger partial charge is 0.493 e. The molecule has 0 bridgehead atoms. The second-order valence-corrected chi connectivity index (χ2v) is 5.38. The number of hydrogen-bond donors (Lipinski definition) is 2. The van der Waals surface area contributed by atoms with E-state index in [0.717, 1.165) is 19.3 Å². The summed E-state index contributed by atoms with van der Waals surface area (Å²) in [6, 6.07) is 8.27. The van der Waals surface area contributed by atoms with Gasteiger partial charge in [-0.15, -0.1) is 0 Å². The van der Waals surface area contributed by atoms with Crippen LogP contribution in [-0.4, -0.2) is 15.1 Å². The van der Waals surface area contributed by atoms with Crippen molar-refractivity contribution in [3.8, 4) is 5.88 Å². The zero-order valence-corrected chi connectivity index (χ0v) is 11.5. The van der Waals surface area contributed by atoms with Gasteiger partial charge >= 0.3 is 0 Å². The summed E-state index contributed by atoms with van der Waals surface area (Å²) < 4.78 is 0. The van der Waals surface area contributed by atoms with E-state index in [-0.39, 0.29) is 17.4 Å². The number of aromatic nitrogens is 2. The third-order valence-corrected chi connectivity index (χ3v) is 3.95. The van der Waals surface area contributed by atoms with Crippen LogP contribution >= 0.6 is 0 Å². The first-order chi connectivity index (χ1) is 9.69. The van der Waals surface area contributed by atoms with Gasteiger partial charge in [0.1, 0.15) is 5.82 Å². The molecular weight excluding hydrogens is 252 g/mol. The van der Waals surface area contributed by atoms with Gasteiger partial charge in [-0.25, -0.2) is 0 Å². The molecule has 0 saturated heterocycles. The van der Waals surface area contributed by atoms with Crippen molar-refractivity contribution in [2.75, 3.05) is 0 Å². The Kier molecular flexibility index (Phi) is 3.30. The summed E-state index contributed by atoms with van der Waals surface area (Å²) in [6.45, 7) is 1.97. The van der Waals surface area contributed by atoms with Crippen LogP contribution in [0.5, 0.6) is 5.88 Å². The maximum atomic E-state index is 12.0. The average Bonchev–Trinajstić information content (AvgIpc) is 2.86. The second kappa shape index (κ2) is 5.12. The van der Waals surface area contributed by atoms with Crippen LogP contribution in [0.15, 0.2) is 29.1 Å². The van der Waals surface area contributed by atoms with Crippen LogP contribution in [0, 0.1) is 0 Å². The molecule has 0 atom stereocenters. The quantitative estimate of drug-likeness (QED) is 0.899. The molecule has 104 valence electrons. The van der Waals surface area contributed by atoms with Gasteiger partial charge in [0.25, 0.3) is 5.56 Å². The lowest BCUT2D eigenvalue weighted by molar-refractivity contribution is 0.435. The molecule has 4 nitrogen and oxygen atoms in total. The molecule has 0 fully saturated rings. The number of benzene rings is 1. The van der Waals surface area contributed by atoms with Gasteiger partial charge in [-0.05, 0) is 30.4 Å². The fourth-order valence-electron chi connectivity index (χ4n) is 2.92. The monoisotopic (exact) mass is 270 g/mol. The summed E-state index contributed by atoms with van der Waals surface area (Å²) in [7, 11) is 0. The topological polar surface area (TPSA) is 66.0 Å². The Balaban J connectivity index is 1.92. The molecule has 0 amide bonds. The van der Waals surface area contributed by atoms with Gasteiger partial charge in [0.15, 0.2) is 0 Å². The Morgan fingerprint density at radius 2 is 1.95 bits per heavy atom. The molecular formula is C16H18N2O2. The molecule has 1 aromatic heterocycles. The third-order valence-electron chi connectivity index (χ3n) is 3.95. The van der Waals surface area contributed by atoms with Gasteiger partial charge in [-0.1, -0.05) is 37.6 Å². The third kappa shape index (κ3) is 2.22. The highest BCUT2D eigenvalue weighted by atomic mass is 16.3. The normalized spacial score (nSPS) is 14.4. The predicted molar refractivity (Wildman–Crippen MR) is 77.1 cm³/mol. The second-order valence-electron chi connectivity index (χ2n) is 5.38. The predicted octanol–water partition coefficient (Wildman–Crippen LogP) is 2.31. The number of rotatable bonds is 3. The summed E-state index contributed by atoms with van der Waals surface area (Å²) in [5.74, 6) is 0.645. The number of hydrogen-bond acceptors (Lipinski definition) is 3. The van der Waals surface area contributed by atoms with Gasteiger partial charge in [0.2, 0.25) is 5.88 Å². The summed E-state index contributed by atoms with van der Waals surface area (Å²) in [5, 5.41) is 9.95. The molecule has 0 saturated carbocycles. The van der Waals surface area contributed by atoms with Gasteiger partial charge in [-0.3, -0.25) is 4.79 Å². The highest BCUT2D eigenvalue weighted by Crippen LogP contribution is 2.32. The molecule has 0 aliphatic heterocycles. The molecule has 0 unspecified atom stereocenters. The minimum atomic E-state index is -0.203. The van der Waals surface area contributed by atoms with Gasteiger partial charge in [0.05, 0.1) is 5.56 Å². The Morgan fingerprint density at radius 1 is 1.30 bits per heavy atom. The summed E-state index contributed by atoms with van der Waals surface area (Å²) >= 11 is 0. The van der Waals surface area contributed by atoms with Crippen molar-refractivity contribution < 1.29 is 5.11 Å². The van der Waals surface area contributed by atoms with Crippen molar-refractivity contribution in [2.45, 2.75) is 38.5 Å². The number of fused-ring (bicyclic) bond motifs is 1. The minimum Gasteiger partial charge on any atom is -0.493 e. The van der Waals surface area contributed by atoms with Crippen LogP contribution < -0.4 is 5.56 Å². The fourth-order valence-corrected chi connectivity index (χ4v) is 2.92. The Labute approximate surface area is 117 Å². The number of nitrogens with zero attached hydrogens (tertiary/aromatic N) is 1. The van der Waals surface area contributed by atoms with Crippen molar-refractivity contribution in [2.24, 2.45) is 0 Å². The highest BCUT2D eigenvalue weighted by Gasteiger charge is 2.25. The zero-order chi connectivity index (χ0) is 14.1. The molecule has 3 rings (SSSR count). The smallest absolute Gasteiger partial charge is 0.257 e. The Bertz CT molecular complexity index is 666.